The Kier molecular flexibility index (Phi) is 5.62. The Balaban J connectivity index is 2.36. The molecule has 0 aromatic carbocycles. The molecule has 2 amide bonds. The smallest absolute Gasteiger partial charge is 0.317 e. The lowest BCUT2D eigenvalue weighted by atomic mass is 9.67. The Morgan fingerprint density at radius 1 is 1.47 bits per heavy atom. The van der Waals surface area contributed by atoms with Crippen LogP contribution in [0.2, 0.25) is 0 Å². The highest BCUT2D eigenvalue weighted by atomic mass is 16.5. The molecular weight excluding hydrogens is 244 g/mol. The Hall–Kier alpha value is -0.810. The van der Waals surface area contributed by atoms with Crippen LogP contribution in [-0.2, 0) is 4.74 Å². The van der Waals surface area contributed by atoms with Crippen molar-refractivity contribution in [2.75, 3.05) is 33.9 Å². The first kappa shape index (κ1) is 16.2. The fourth-order valence-electron chi connectivity index (χ4n) is 2.56. The van der Waals surface area contributed by atoms with Gasteiger partial charge in [0.1, 0.15) is 0 Å². The molecule has 1 saturated carbocycles. The van der Waals surface area contributed by atoms with Crippen LogP contribution < -0.4 is 5.32 Å². The number of aliphatic hydroxyl groups is 1. The molecule has 5 nitrogen and oxygen atoms in total. The highest BCUT2D eigenvalue weighted by Gasteiger charge is 2.37. The normalized spacial score (nSPS) is 17.7. The van der Waals surface area contributed by atoms with Gasteiger partial charge < -0.3 is 20.1 Å². The Labute approximate surface area is 116 Å². The summed E-state index contributed by atoms with van der Waals surface area (Å²) in [6.45, 7) is 5.16. The van der Waals surface area contributed by atoms with E-state index in [0.717, 1.165) is 25.9 Å². The summed E-state index contributed by atoms with van der Waals surface area (Å²) in [5.41, 5.74) is -0.641. The molecule has 2 N–H and O–H groups in total. The van der Waals surface area contributed by atoms with Gasteiger partial charge in [-0.3, -0.25) is 0 Å². The maximum absolute atomic E-state index is 12.0. The van der Waals surface area contributed by atoms with Crippen molar-refractivity contribution in [3.8, 4) is 0 Å². The molecule has 19 heavy (non-hydrogen) atoms. The van der Waals surface area contributed by atoms with E-state index in [1.165, 1.54) is 11.3 Å². The van der Waals surface area contributed by atoms with Crippen molar-refractivity contribution in [2.45, 2.75) is 45.1 Å². The van der Waals surface area contributed by atoms with Crippen molar-refractivity contribution >= 4 is 6.03 Å². The molecule has 5 heteroatoms. The number of hydrogen-bond donors (Lipinski definition) is 2. The van der Waals surface area contributed by atoms with E-state index in [4.69, 9.17) is 4.74 Å². The van der Waals surface area contributed by atoms with Gasteiger partial charge in [-0.1, -0.05) is 6.42 Å². The van der Waals surface area contributed by atoms with E-state index < -0.39 is 5.60 Å². The molecule has 0 unspecified atom stereocenters. The van der Waals surface area contributed by atoms with E-state index in [9.17, 15) is 9.90 Å². The third-order valence-electron chi connectivity index (χ3n) is 3.84. The monoisotopic (exact) mass is 272 g/mol. The number of urea groups is 1. The third-order valence-corrected chi connectivity index (χ3v) is 3.84. The Bertz CT molecular complexity index is 296. The summed E-state index contributed by atoms with van der Waals surface area (Å²) in [5, 5.41) is 12.7. The number of amides is 2. The van der Waals surface area contributed by atoms with Crippen LogP contribution in [0.3, 0.4) is 0 Å². The lowest BCUT2D eigenvalue weighted by molar-refractivity contribution is 0.0490. The maximum Gasteiger partial charge on any atom is 0.317 e. The van der Waals surface area contributed by atoms with E-state index in [1.807, 2.05) is 0 Å². The topological polar surface area (TPSA) is 61.8 Å². The molecule has 0 radical (unpaired) electrons. The van der Waals surface area contributed by atoms with Gasteiger partial charge in [0.15, 0.2) is 0 Å². The van der Waals surface area contributed by atoms with Crippen LogP contribution in [0.1, 0.15) is 39.5 Å². The molecule has 1 aliphatic carbocycles. The molecule has 0 aliphatic heterocycles. The largest absolute Gasteiger partial charge is 0.389 e. The van der Waals surface area contributed by atoms with Gasteiger partial charge in [-0.05, 0) is 38.5 Å². The summed E-state index contributed by atoms with van der Waals surface area (Å²) in [5.74, 6) is 0. The number of nitrogens with one attached hydrogen (secondary N) is 1. The van der Waals surface area contributed by atoms with Crippen molar-refractivity contribution in [3.05, 3.63) is 0 Å². The number of ether oxygens (including phenoxy) is 1. The van der Waals surface area contributed by atoms with Crippen LogP contribution >= 0.6 is 0 Å². The second-order valence-electron chi connectivity index (χ2n) is 6.42. The summed E-state index contributed by atoms with van der Waals surface area (Å²) in [6.07, 6.45) is 4.55. The second-order valence-corrected chi connectivity index (χ2v) is 6.42. The van der Waals surface area contributed by atoms with E-state index in [0.29, 0.717) is 13.1 Å². The van der Waals surface area contributed by atoms with Gasteiger partial charge in [0, 0.05) is 27.3 Å². The summed E-state index contributed by atoms with van der Waals surface area (Å²) in [6, 6.07) is -0.120. The van der Waals surface area contributed by atoms with E-state index >= 15 is 0 Å². The van der Waals surface area contributed by atoms with Crippen LogP contribution in [0.25, 0.3) is 0 Å². The average molecular weight is 272 g/mol. The van der Waals surface area contributed by atoms with E-state index in [-0.39, 0.29) is 11.4 Å². The number of methoxy groups -OCH3 is 1. The van der Waals surface area contributed by atoms with Gasteiger partial charge in [0.2, 0.25) is 0 Å². The quantitative estimate of drug-likeness (QED) is 0.740. The zero-order valence-corrected chi connectivity index (χ0v) is 12.7. The van der Waals surface area contributed by atoms with Gasteiger partial charge in [0.25, 0.3) is 0 Å². The molecule has 0 bridgehead atoms. The fourth-order valence-corrected chi connectivity index (χ4v) is 2.56. The zero-order valence-electron chi connectivity index (χ0n) is 12.7. The summed E-state index contributed by atoms with van der Waals surface area (Å²) in [4.78, 5) is 13.5. The van der Waals surface area contributed by atoms with Crippen LogP contribution in [-0.4, -0.2) is 55.5 Å². The molecule has 0 aromatic heterocycles. The van der Waals surface area contributed by atoms with Crippen molar-refractivity contribution in [3.63, 3.8) is 0 Å². The minimum absolute atomic E-state index is 0.120. The van der Waals surface area contributed by atoms with Gasteiger partial charge in [-0.15, -0.1) is 0 Å². The summed E-state index contributed by atoms with van der Waals surface area (Å²) >= 11 is 0. The number of rotatable bonds is 7. The average Bonchev–Trinajstić information content (AvgIpc) is 2.24. The molecular formula is C14H28N2O3. The fraction of sp³-hybridized carbons (Fsp3) is 0.929. The van der Waals surface area contributed by atoms with E-state index in [2.05, 4.69) is 5.32 Å². The minimum Gasteiger partial charge on any atom is -0.389 e. The first-order valence-electron chi connectivity index (χ1n) is 6.98. The molecule has 0 heterocycles. The minimum atomic E-state index is -0.865. The molecule has 0 atom stereocenters. The molecule has 112 valence electrons. The van der Waals surface area contributed by atoms with Crippen molar-refractivity contribution < 1.29 is 14.6 Å². The predicted molar refractivity (Wildman–Crippen MR) is 75.1 cm³/mol. The predicted octanol–water partition coefficient (Wildman–Crippen LogP) is 1.61. The van der Waals surface area contributed by atoms with Crippen LogP contribution in [0.5, 0.6) is 0 Å². The van der Waals surface area contributed by atoms with Gasteiger partial charge in [-0.25, -0.2) is 4.79 Å². The number of carbonyl (C=O) groups is 1. The van der Waals surface area contributed by atoms with Crippen LogP contribution in [0.4, 0.5) is 4.79 Å². The third kappa shape index (κ3) is 5.37. The molecule has 0 saturated heterocycles. The zero-order chi connectivity index (χ0) is 14.5. The Morgan fingerprint density at radius 2 is 2.11 bits per heavy atom. The van der Waals surface area contributed by atoms with Gasteiger partial charge in [0.05, 0.1) is 12.1 Å². The SMILES string of the molecule is COCCC1(CNC(=O)N(C)CC(C)(C)O)CCC1. The first-order valence-corrected chi connectivity index (χ1v) is 6.98. The standard InChI is InChI=1S/C14H28N2O3/c1-13(2,18)11-16(3)12(17)15-10-14(6-5-7-14)8-9-19-4/h18H,5-11H2,1-4H3,(H,15,17). The summed E-state index contributed by atoms with van der Waals surface area (Å²) < 4.78 is 5.14. The lowest BCUT2D eigenvalue weighted by Crippen LogP contribution is -2.49. The van der Waals surface area contributed by atoms with Crippen molar-refractivity contribution in [1.29, 1.82) is 0 Å². The second kappa shape index (κ2) is 6.57. The molecule has 0 spiro atoms. The molecule has 0 aromatic rings. The highest BCUT2D eigenvalue weighted by Crippen LogP contribution is 2.43. The number of hydrogen-bond acceptors (Lipinski definition) is 3. The first-order chi connectivity index (χ1) is 8.78. The highest BCUT2D eigenvalue weighted by molar-refractivity contribution is 5.74. The number of likely N-dealkylation sites (N-methyl/N-ethyl adjacent to an activating group) is 1. The molecule has 1 rings (SSSR count). The molecule has 1 aliphatic rings. The van der Waals surface area contributed by atoms with Crippen molar-refractivity contribution in [1.82, 2.24) is 10.2 Å². The summed E-state index contributed by atoms with van der Waals surface area (Å²) in [7, 11) is 3.41. The number of nitrogens with zero attached hydrogens (tertiary/aromatic N) is 1. The van der Waals surface area contributed by atoms with Crippen LogP contribution in [0, 0.1) is 5.41 Å². The van der Waals surface area contributed by atoms with E-state index in [1.54, 1.807) is 28.0 Å². The van der Waals surface area contributed by atoms with Gasteiger partial charge >= 0.3 is 6.03 Å². The Morgan fingerprint density at radius 3 is 2.53 bits per heavy atom. The lowest BCUT2D eigenvalue weighted by Gasteiger charge is -2.42. The maximum atomic E-state index is 12.0. The number of carbonyl (C=O) groups excluding carboxylic acids is 1. The molecule has 1 fully saturated rings. The van der Waals surface area contributed by atoms with Gasteiger partial charge in [-0.2, -0.15) is 0 Å². The van der Waals surface area contributed by atoms with Crippen molar-refractivity contribution in [2.24, 2.45) is 5.41 Å². The van der Waals surface area contributed by atoms with Crippen LogP contribution in [0.15, 0.2) is 0 Å².